The number of rotatable bonds is 11. The number of hydrogen-bond donors (Lipinski definition) is 1. The molecule has 4 rings (SSSR count). The van der Waals surface area contributed by atoms with E-state index in [9.17, 15) is 18.8 Å². The van der Waals surface area contributed by atoms with E-state index in [0.717, 1.165) is 18.4 Å². The van der Waals surface area contributed by atoms with Gasteiger partial charge in [0.25, 0.3) is 5.91 Å². The number of nitrogens with zero attached hydrogens (tertiary/aromatic N) is 1. The van der Waals surface area contributed by atoms with Gasteiger partial charge in [0.05, 0.1) is 13.2 Å². The van der Waals surface area contributed by atoms with E-state index in [-0.39, 0.29) is 35.0 Å². The number of esters is 2. The zero-order chi connectivity index (χ0) is 29.4. The average molecular weight is 573 g/mol. The standard InChI is InChI=1S/C30H37FN2O8/c1-18-23(15-20-9-11-22(31)12-10-20)25(38-16-21-7-8-21)6-4-5-24(30(36)41-18)33-29(35)27-28(40-17-39-19(2)34)26(37-3)13-14-32-27/h9-14,18,21,23-25H,4-8,15-17H2,1-3H3,(H,33,35). The minimum absolute atomic E-state index is 0.0218. The van der Waals surface area contributed by atoms with Gasteiger partial charge >= 0.3 is 11.9 Å². The van der Waals surface area contributed by atoms with Crippen molar-refractivity contribution >= 4 is 17.8 Å². The Kier molecular flexibility index (Phi) is 10.5. The van der Waals surface area contributed by atoms with Crippen LogP contribution in [-0.2, 0) is 30.2 Å². The summed E-state index contributed by atoms with van der Waals surface area (Å²) in [6.07, 6.45) is 5.14. The van der Waals surface area contributed by atoms with E-state index in [1.807, 2.05) is 6.92 Å². The van der Waals surface area contributed by atoms with E-state index in [2.05, 4.69) is 10.3 Å². The third-order valence-electron chi connectivity index (χ3n) is 7.35. The van der Waals surface area contributed by atoms with E-state index < -0.39 is 36.8 Å². The van der Waals surface area contributed by atoms with E-state index in [0.29, 0.717) is 38.2 Å². The number of nitrogens with one attached hydrogen (secondary N) is 1. The van der Waals surface area contributed by atoms with Gasteiger partial charge in [-0.3, -0.25) is 9.59 Å². The number of benzene rings is 1. The van der Waals surface area contributed by atoms with Crippen LogP contribution in [-0.4, -0.2) is 61.6 Å². The van der Waals surface area contributed by atoms with Gasteiger partial charge in [-0.2, -0.15) is 0 Å². The first-order chi connectivity index (χ1) is 19.7. The van der Waals surface area contributed by atoms with Gasteiger partial charge in [0.2, 0.25) is 6.79 Å². The summed E-state index contributed by atoms with van der Waals surface area (Å²) in [5.74, 6) is -1.51. The van der Waals surface area contributed by atoms with Crippen molar-refractivity contribution in [3.63, 3.8) is 0 Å². The van der Waals surface area contributed by atoms with Crippen molar-refractivity contribution in [2.75, 3.05) is 20.5 Å². The van der Waals surface area contributed by atoms with E-state index in [4.69, 9.17) is 23.7 Å². The van der Waals surface area contributed by atoms with E-state index in [1.54, 1.807) is 12.1 Å². The topological polar surface area (TPSA) is 122 Å². The molecule has 1 aromatic heterocycles. The van der Waals surface area contributed by atoms with Gasteiger partial charge < -0.3 is 29.0 Å². The van der Waals surface area contributed by atoms with E-state index in [1.165, 1.54) is 38.4 Å². The maximum atomic E-state index is 13.5. The quantitative estimate of drug-likeness (QED) is 0.315. The second-order valence-corrected chi connectivity index (χ2v) is 10.5. The number of carbonyl (C=O) groups is 3. The minimum Gasteiger partial charge on any atom is -0.493 e. The molecule has 2 aromatic rings. The van der Waals surface area contributed by atoms with Gasteiger partial charge in [0.15, 0.2) is 17.2 Å². The summed E-state index contributed by atoms with van der Waals surface area (Å²) in [7, 11) is 1.40. The fraction of sp³-hybridized carbons (Fsp3) is 0.533. The van der Waals surface area contributed by atoms with Gasteiger partial charge in [-0.05, 0) is 69.1 Å². The Morgan fingerprint density at radius 2 is 1.88 bits per heavy atom. The molecule has 11 heteroatoms. The van der Waals surface area contributed by atoms with Crippen LogP contribution in [0, 0.1) is 17.7 Å². The Morgan fingerprint density at radius 3 is 2.56 bits per heavy atom. The van der Waals surface area contributed by atoms with Crippen molar-refractivity contribution in [1.82, 2.24) is 10.3 Å². The molecule has 1 saturated heterocycles. The number of pyridine rings is 1. The third kappa shape index (κ3) is 8.63. The van der Waals surface area contributed by atoms with Crippen LogP contribution in [0.3, 0.4) is 0 Å². The molecular weight excluding hydrogens is 535 g/mol. The van der Waals surface area contributed by atoms with Crippen LogP contribution in [0.2, 0.25) is 0 Å². The Bertz CT molecular complexity index is 1200. The van der Waals surface area contributed by atoms with Gasteiger partial charge in [-0.1, -0.05) is 12.1 Å². The molecule has 0 bridgehead atoms. The molecule has 1 aliphatic heterocycles. The molecule has 222 valence electrons. The molecule has 4 atom stereocenters. The number of cyclic esters (lactones) is 1. The highest BCUT2D eigenvalue weighted by atomic mass is 19.1. The molecule has 2 heterocycles. The molecule has 1 amide bonds. The number of carbonyl (C=O) groups excluding carboxylic acids is 3. The first-order valence-electron chi connectivity index (χ1n) is 13.9. The summed E-state index contributed by atoms with van der Waals surface area (Å²) in [5, 5.41) is 2.74. The van der Waals surface area contributed by atoms with Crippen LogP contribution in [0.4, 0.5) is 4.39 Å². The Labute approximate surface area is 238 Å². The maximum absolute atomic E-state index is 13.5. The highest BCUT2D eigenvalue weighted by Gasteiger charge is 2.36. The van der Waals surface area contributed by atoms with Crippen molar-refractivity contribution in [1.29, 1.82) is 0 Å². The van der Waals surface area contributed by atoms with Crippen molar-refractivity contribution < 1.29 is 42.5 Å². The van der Waals surface area contributed by atoms with Crippen molar-refractivity contribution in [2.24, 2.45) is 11.8 Å². The van der Waals surface area contributed by atoms with Crippen molar-refractivity contribution in [3.8, 4) is 11.5 Å². The first-order valence-corrected chi connectivity index (χ1v) is 13.9. The molecule has 41 heavy (non-hydrogen) atoms. The van der Waals surface area contributed by atoms with Gasteiger partial charge in [0, 0.05) is 31.7 Å². The Morgan fingerprint density at radius 1 is 1.12 bits per heavy atom. The molecule has 1 aliphatic carbocycles. The van der Waals surface area contributed by atoms with Crippen LogP contribution in [0.1, 0.15) is 62.0 Å². The summed E-state index contributed by atoms with van der Waals surface area (Å²) in [5.41, 5.74) is 0.797. The number of ether oxygens (including phenoxy) is 5. The molecule has 2 aliphatic rings. The monoisotopic (exact) mass is 572 g/mol. The zero-order valence-electron chi connectivity index (χ0n) is 23.6. The van der Waals surface area contributed by atoms with Gasteiger partial charge in [-0.15, -0.1) is 0 Å². The van der Waals surface area contributed by atoms with Crippen LogP contribution in [0.25, 0.3) is 0 Å². The zero-order valence-corrected chi connectivity index (χ0v) is 23.6. The van der Waals surface area contributed by atoms with Crippen LogP contribution >= 0.6 is 0 Å². The highest BCUT2D eigenvalue weighted by molar-refractivity contribution is 5.98. The molecule has 0 radical (unpaired) electrons. The fourth-order valence-electron chi connectivity index (χ4n) is 4.87. The second kappa shape index (κ2) is 14.2. The first kappa shape index (κ1) is 30.2. The smallest absolute Gasteiger partial charge is 0.328 e. The SMILES string of the molecule is COc1ccnc(C(=O)NC2CCCC(OCC3CC3)C(Cc3ccc(F)cc3)C(C)OC2=O)c1OCOC(C)=O. The lowest BCUT2D eigenvalue weighted by Crippen LogP contribution is -2.44. The van der Waals surface area contributed by atoms with Crippen molar-refractivity contribution in [3.05, 3.63) is 53.6 Å². The summed E-state index contributed by atoms with van der Waals surface area (Å²) in [6.45, 7) is 3.27. The third-order valence-corrected chi connectivity index (χ3v) is 7.35. The Hall–Kier alpha value is -3.73. The lowest BCUT2D eigenvalue weighted by atomic mass is 9.87. The van der Waals surface area contributed by atoms with Crippen LogP contribution in [0.5, 0.6) is 11.5 Å². The summed E-state index contributed by atoms with van der Waals surface area (Å²) >= 11 is 0. The molecule has 4 unspecified atom stereocenters. The molecular formula is C30H37FN2O8. The van der Waals surface area contributed by atoms with Crippen molar-refractivity contribution in [2.45, 2.75) is 70.6 Å². The molecule has 1 saturated carbocycles. The summed E-state index contributed by atoms with van der Waals surface area (Å²) in [4.78, 5) is 41.9. The number of halogens is 1. The molecule has 1 N–H and O–H groups in total. The van der Waals surface area contributed by atoms with E-state index >= 15 is 0 Å². The molecule has 0 spiro atoms. The number of methoxy groups -OCH3 is 1. The molecule has 10 nitrogen and oxygen atoms in total. The Balaban J connectivity index is 1.49. The predicted octanol–water partition coefficient (Wildman–Crippen LogP) is 4.00. The summed E-state index contributed by atoms with van der Waals surface area (Å²) < 4.78 is 41.4. The molecule has 1 aromatic carbocycles. The number of amides is 1. The normalized spacial score (nSPS) is 22.9. The minimum atomic E-state index is -0.937. The number of aromatic nitrogens is 1. The number of hydrogen-bond acceptors (Lipinski definition) is 9. The van der Waals surface area contributed by atoms with Gasteiger partial charge in [-0.25, -0.2) is 14.2 Å². The average Bonchev–Trinajstić information content (AvgIpc) is 3.77. The highest BCUT2D eigenvalue weighted by Crippen LogP contribution is 2.33. The van der Waals surface area contributed by atoms with Crippen LogP contribution < -0.4 is 14.8 Å². The van der Waals surface area contributed by atoms with Gasteiger partial charge in [0.1, 0.15) is 18.0 Å². The molecule has 2 fully saturated rings. The fourth-order valence-corrected chi connectivity index (χ4v) is 4.87. The summed E-state index contributed by atoms with van der Waals surface area (Å²) in [6, 6.07) is 6.87. The van der Waals surface area contributed by atoms with Crippen LogP contribution in [0.15, 0.2) is 36.5 Å². The largest absolute Gasteiger partial charge is 0.493 e. The predicted molar refractivity (Wildman–Crippen MR) is 145 cm³/mol. The lowest BCUT2D eigenvalue weighted by Gasteiger charge is -2.31. The lowest BCUT2D eigenvalue weighted by molar-refractivity contribution is -0.155. The maximum Gasteiger partial charge on any atom is 0.328 e. The second-order valence-electron chi connectivity index (χ2n) is 10.5.